The maximum atomic E-state index is 12.6. The summed E-state index contributed by atoms with van der Waals surface area (Å²) >= 11 is 0. The molecule has 2 aromatic carbocycles. The van der Waals surface area contributed by atoms with Gasteiger partial charge in [-0.05, 0) is 36.2 Å². The number of para-hydroxylation sites is 1. The van der Waals surface area contributed by atoms with Crippen LogP contribution in [0.3, 0.4) is 0 Å². The topological polar surface area (TPSA) is 61.2 Å². The summed E-state index contributed by atoms with van der Waals surface area (Å²) in [4.78, 5) is 13.8. The SMILES string of the molecule is COc1ccc(OC)c([C@H]2CCC[NH+]2CC(=O)NCCc2ccccc2OC)c1. The van der Waals surface area contributed by atoms with Crippen molar-refractivity contribution in [3.63, 3.8) is 0 Å². The summed E-state index contributed by atoms with van der Waals surface area (Å²) in [6, 6.07) is 14.0. The molecule has 2 atom stereocenters. The number of nitrogens with one attached hydrogen (secondary N) is 2. The number of likely N-dealkylation sites (tertiary alicyclic amines) is 1. The molecule has 0 radical (unpaired) electrons. The van der Waals surface area contributed by atoms with Crippen molar-refractivity contribution in [3.05, 3.63) is 53.6 Å². The van der Waals surface area contributed by atoms with Gasteiger partial charge >= 0.3 is 0 Å². The molecule has 1 fully saturated rings. The largest absolute Gasteiger partial charge is 0.497 e. The van der Waals surface area contributed by atoms with Crippen molar-refractivity contribution in [1.82, 2.24) is 5.32 Å². The number of benzene rings is 2. The maximum Gasteiger partial charge on any atom is 0.275 e. The Hall–Kier alpha value is -2.73. The fourth-order valence-corrected chi connectivity index (χ4v) is 4.13. The van der Waals surface area contributed by atoms with Gasteiger partial charge in [-0.3, -0.25) is 4.79 Å². The lowest BCUT2D eigenvalue weighted by atomic mass is 10.0. The first-order valence-electron chi connectivity index (χ1n) is 10.1. The van der Waals surface area contributed by atoms with E-state index in [2.05, 4.69) is 5.32 Å². The molecular formula is C23H31N2O4+. The van der Waals surface area contributed by atoms with Crippen LogP contribution in [0, 0.1) is 0 Å². The van der Waals surface area contributed by atoms with E-state index in [1.54, 1.807) is 21.3 Å². The predicted molar refractivity (Wildman–Crippen MR) is 112 cm³/mol. The highest BCUT2D eigenvalue weighted by Gasteiger charge is 2.33. The molecule has 1 aliphatic rings. The van der Waals surface area contributed by atoms with E-state index in [4.69, 9.17) is 14.2 Å². The second kappa shape index (κ2) is 10.2. The lowest BCUT2D eigenvalue weighted by Crippen LogP contribution is -3.11. The Labute approximate surface area is 172 Å². The van der Waals surface area contributed by atoms with Crippen LogP contribution < -0.4 is 24.4 Å². The van der Waals surface area contributed by atoms with Crippen molar-refractivity contribution in [2.24, 2.45) is 0 Å². The van der Waals surface area contributed by atoms with Crippen molar-refractivity contribution < 1.29 is 23.9 Å². The second-order valence-electron chi connectivity index (χ2n) is 7.30. The van der Waals surface area contributed by atoms with E-state index in [1.165, 1.54) is 4.90 Å². The maximum absolute atomic E-state index is 12.6. The number of rotatable bonds is 9. The lowest BCUT2D eigenvalue weighted by molar-refractivity contribution is -0.910. The molecule has 1 saturated heterocycles. The van der Waals surface area contributed by atoms with Crippen LogP contribution in [0.2, 0.25) is 0 Å². The lowest BCUT2D eigenvalue weighted by Gasteiger charge is -2.23. The van der Waals surface area contributed by atoms with Crippen molar-refractivity contribution in [3.8, 4) is 17.2 Å². The summed E-state index contributed by atoms with van der Waals surface area (Å²) in [5.74, 6) is 2.60. The van der Waals surface area contributed by atoms with Crippen LogP contribution in [0.4, 0.5) is 0 Å². The van der Waals surface area contributed by atoms with E-state index in [0.29, 0.717) is 13.1 Å². The first-order chi connectivity index (χ1) is 14.2. The van der Waals surface area contributed by atoms with E-state index in [0.717, 1.165) is 54.2 Å². The van der Waals surface area contributed by atoms with Crippen molar-refractivity contribution in [2.45, 2.75) is 25.3 Å². The molecule has 1 heterocycles. The summed E-state index contributed by atoms with van der Waals surface area (Å²) in [6.45, 7) is 2.03. The first kappa shape index (κ1) is 21.0. The van der Waals surface area contributed by atoms with Crippen LogP contribution in [0.15, 0.2) is 42.5 Å². The second-order valence-corrected chi connectivity index (χ2v) is 7.30. The number of quaternary nitrogens is 1. The first-order valence-corrected chi connectivity index (χ1v) is 10.1. The van der Waals surface area contributed by atoms with Gasteiger partial charge in [0.2, 0.25) is 0 Å². The molecule has 0 aliphatic carbocycles. The van der Waals surface area contributed by atoms with Crippen molar-refractivity contribution >= 4 is 5.91 Å². The van der Waals surface area contributed by atoms with Crippen molar-refractivity contribution in [2.75, 3.05) is 41.0 Å². The molecule has 2 aromatic rings. The van der Waals surface area contributed by atoms with Gasteiger partial charge in [0, 0.05) is 19.4 Å². The quantitative estimate of drug-likeness (QED) is 0.675. The Balaban J connectivity index is 1.59. The molecule has 29 heavy (non-hydrogen) atoms. The minimum Gasteiger partial charge on any atom is -0.497 e. The number of amides is 1. The molecule has 3 rings (SSSR count). The minimum atomic E-state index is 0.0728. The van der Waals surface area contributed by atoms with Gasteiger partial charge in [-0.2, -0.15) is 0 Å². The Kier molecular flexibility index (Phi) is 7.36. The van der Waals surface area contributed by atoms with Gasteiger partial charge in [0.1, 0.15) is 23.3 Å². The van der Waals surface area contributed by atoms with Crippen LogP contribution in [0.25, 0.3) is 0 Å². The Morgan fingerprint density at radius 2 is 1.86 bits per heavy atom. The van der Waals surface area contributed by atoms with E-state index in [-0.39, 0.29) is 11.9 Å². The average Bonchev–Trinajstić information content (AvgIpc) is 3.21. The van der Waals surface area contributed by atoms with Crippen LogP contribution in [-0.4, -0.2) is 46.9 Å². The van der Waals surface area contributed by atoms with Gasteiger partial charge in [0.15, 0.2) is 6.54 Å². The summed E-state index contributed by atoms with van der Waals surface area (Å²) in [6.07, 6.45) is 2.88. The van der Waals surface area contributed by atoms with Gasteiger partial charge in [-0.1, -0.05) is 18.2 Å². The van der Waals surface area contributed by atoms with Crippen LogP contribution in [0.5, 0.6) is 17.2 Å². The molecule has 2 N–H and O–H groups in total. The van der Waals surface area contributed by atoms with Gasteiger partial charge in [0.05, 0.1) is 33.4 Å². The predicted octanol–water partition coefficient (Wildman–Crippen LogP) is 1.79. The normalized spacial score (nSPS) is 18.3. The summed E-state index contributed by atoms with van der Waals surface area (Å²) in [5, 5.41) is 3.06. The highest BCUT2D eigenvalue weighted by atomic mass is 16.5. The number of hydrogen-bond donors (Lipinski definition) is 2. The molecule has 0 aromatic heterocycles. The number of carbonyl (C=O) groups is 1. The van der Waals surface area contributed by atoms with E-state index in [9.17, 15) is 4.79 Å². The molecule has 0 saturated carbocycles. The summed E-state index contributed by atoms with van der Waals surface area (Å²) in [7, 11) is 5.02. The zero-order chi connectivity index (χ0) is 20.6. The molecular weight excluding hydrogens is 368 g/mol. The smallest absolute Gasteiger partial charge is 0.275 e. The fourth-order valence-electron chi connectivity index (χ4n) is 4.13. The molecule has 6 heteroatoms. The van der Waals surface area contributed by atoms with Gasteiger partial charge in [-0.15, -0.1) is 0 Å². The fraction of sp³-hybridized carbons (Fsp3) is 0.435. The molecule has 1 amide bonds. The third-order valence-corrected chi connectivity index (χ3v) is 5.59. The highest BCUT2D eigenvalue weighted by molar-refractivity contribution is 5.76. The zero-order valence-electron chi connectivity index (χ0n) is 17.5. The molecule has 1 aliphatic heterocycles. The molecule has 156 valence electrons. The average molecular weight is 400 g/mol. The Morgan fingerprint density at radius 3 is 2.62 bits per heavy atom. The third-order valence-electron chi connectivity index (χ3n) is 5.59. The standard InChI is InChI=1S/C23H30N2O4/c1-27-18-10-11-22(29-3)19(15-18)20-8-6-14-25(20)16-23(26)24-13-12-17-7-4-5-9-21(17)28-2/h4-5,7,9-11,15,20H,6,8,12-14,16H2,1-3H3,(H,24,26)/p+1/t20-/m1/s1. The van der Waals surface area contributed by atoms with E-state index < -0.39 is 0 Å². The van der Waals surface area contributed by atoms with Gasteiger partial charge < -0.3 is 24.4 Å². The zero-order valence-corrected chi connectivity index (χ0v) is 17.5. The minimum absolute atomic E-state index is 0.0728. The third kappa shape index (κ3) is 5.21. The number of carbonyl (C=O) groups excluding carboxylic acids is 1. The molecule has 1 unspecified atom stereocenters. The molecule has 0 spiro atoms. The van der Waals surface area contributed by atoms with E-state index >= 15 is 0 Å². The summed E-state index contributed by atoms with van der Waals surface area (Å²) in [5.41, 5.74) is 2.21. The van der Waals surface area contributed by atoms with Crippen LogP contribution >= 0.6 is 0 Å². The van der Waals surface area contributed by atoms with Crippen LogP contribution in [-0.2, 0) is 11.2 Å². The monoisotopic (exact) mass is 399 g/mol. The van der Waals surface area contributed by atoms with Crippen LogP contribution in [0.1, 0.15) is 30.0 Å². The van der Waals surface area contributed by atoms with Gasteiger partial charge in [0.25, 0.3) is 5.91 Å². The van der Waals surface area contributed by atoms with Gasteiger partial charge in [-0.25, -0.2) is 0 Å². The number of hydrogen-bond acceptors (Lipinski definition) is 4. The highest BCUT2D eigenvalue weighted by Crippen LogP contribution is 2.31. The summed E-state index contributed by atoms with van der Waals surface area (Å²) < 4.78 is 16.3. The molecule has 6 nitrogen and oxygen atoms in total. The Bertz CT molecular complexity index is 824. The van der Waals surface area contributed by atoms with E-state index in [1.807, 2.05) is 42.5 Å². The Morgan fingerprint density at radius 1 is 1.07 bits per heavy atom. The number of ether oxygens (including phenoxy) is 3. The van der Waals surface area contributed by atoms with Crippen molar-refractivity contribution in [1.29, 1.82) is 0 Å². The number of methoxy groups -OCH3 is 3. The molecule has 0 bridgehead atoms.